The number of ether oxygens (including phenoxy) is 1. The maximum absolute atomic E-state index is 12.5. The Morgan fingerprint density at radius 2 is 1.91 bits per heavy atom. The smallest absolute Gasteiger partial charge is 0.341 e. The highest BCUT2D eigenvalue weighted by atomic mass is 16.5. The fourth-order valence-electron chi connectivity index (χ4n) is 2.79. The number of carbonyl (C=O) groups is 1. The molecule has 0 radical (unpaired) electrons. The van der Waals surface area contributed by atoms with Gasteiger partial charge in [-0.2, -0.15) is 9.78 Å². The Balaban J connectivity index is 2.21. The van der Waals surface area contributed by atoms with Gasteiger partial charge in [0, 0.05) is 0 Å². The molecular formula is C16H16N2O4. The van der Waals surface area contributed by atoms with Gasteiger partial charge in [-0.25, -0.2) is 4.79 Å². The highest BCUT2D eigenvalue weighted by Gasteiger charge is 2.24. The van der Waals surface area contributed by atoms with Crippen molar-refractivity contribution >= 4 is 5.97 Å². The number of hydrogen-bond donors (Lipinski definition) is 1. The summed E-state index contributed by atoms with van der Waals surface area (Å²) < 4.78 is 6.26. The summed E-state index contributed by atoms with van der Waals surface area (Å²) >= 11 is 0. The van der Waals surface area contributed by atoms with Crippen molar-refractivity contribution in [1.82, 2.24) is 9.78 Å². The minimum absolute atomic E-state index is 0.152. The van der Waals surface area contributed by atoms with Crippen LogP contribution in [0.2, 0.25) is 0 Å². The topological polar surface area (TPSA) is 81.4 Å². The molecule has 0 atom stereocenters. The summed E-state index contributed by atoms with van der Waals surface area (Å²) in [7, 11) is 1.56. The molecule has 1 aromatic carbocycles. The van der Waals surface area contributed by atoms with Crippen molar-refractivity contribution in [2.45, 2.75) is 25.7 Å². The number of aromatic carboxylic acids is 1. The highest BCUT2D eigenvalue weighted by Crippen LogP contribution is 2.22. The Morgan fingerprint density at radius 1 is 1.23 bits per heavy atom. The zero-order chi connectivity index (χ0) is 15.7. The number of hydrogen-bond acceptors (Lipinski definition) is 4. The van der Waals surface area contributed by atoms with E-state index in [0.717, 1.165) is 12.8 Å². The summed E-state index contributed by atoms with van der Waals surface area (Å²) in [4.78, 5) is 24.0. The molecule has 0 saturated carbocycles. The predicted molar refractivity (Wildman–Crippen MR) is 80.0 cm³/mol. The second kappa shape index (κ2) is 5.63. The number of aromatic nitrogens is 2. The SMILES string of the molecule is COc1ccc(-n2nc3c(c(C(=O)O)c2=O)CCCC3)cc1. The van der Waals surface area contributed by atoms with E-state index in [4.69, 9.17) is 4.74 Å². The number of nitrogens with zero attached hydrogens (tertiary/aromatic N) is 2. The molecule has 1 aliphatic rings. The van der Waals surface area contributed by atoms with Gasteiger partial charge in [0.05, 0.1) is 18.5 Å². The lowest BCUT2D eigenvalue weighted by Gasteiger charge is -2.18. The van der Waals surface area contributed by atoms with Crippen LogP contribution in [0.15, 0.2) is 29.1 Å². The Bertz CT molecular complexity index is 778. The van der Waals surface area contributed by atoms with Gasteiger partial charge in [-0.1, -0.05) is 0 Å². The molecule has 3 rings (SSSR count). The Morgan fingerprint density at radius 3 is 2.55 bits per heavy atom. The first-order valence-corrected chi connectivity index (χ1v) is 7.14. The molecule has 1 aromatic heterocycles. The minimum atomic E-state index is -1.19. The van der Waals surface area contributed by atoms with Crippen LogP contribution >= 0.6 is 0 Å². The van der Waals surface area contributed by atoms with Gasteiger partial charge < -0.3 is 9.84 Å². The number of methoxy groups -OCH3 is 1. The van der Waals surface area contributed by atoms with Crippen molar-refractivity contribution < 1.29 is 14.6 Å². The molecule has 22 heavy (non-hydrogen) atoms. The second-order valence-corrected chi connectivity index (χ2v) is 5.23. The summed E-state index contributed by atoms with van der Waals surface area (Å²) in [6.07, 6.45) is 3.15. The number of rotatable bonds is 3. The zero-order valence-corrected chi connectivity index (χ0v) is 12.2. The molecule has 0 spiro atoms. The molecule has 0 bridgehead atoms. The first-order chi connectivity index (χ1) is 10.6. The third-order valence-electron chi connectivity index (χ3n) is 3.90. The molecule has 0 fully saturated rings. The fourth-order valence-corrected chi connectivity index (χ4v) is 2.79. The van der Waals surface area contributed by atoms with E-state index in [1.54, 1.807) is 31.4 Å². The van der Waals surface area contributed by atoms with Gasteiger partial charge >= 0.3 is 5.97 Å². The molecule has 6 nitrogen and oxygen atoms in total. The van der Waals surface area contributed by atoms with Gasteiger partial charge in [0.25, 0.3) is 5.56 Å². The highest BCUT2D eigenvalue weighted by molar-refractivity contribution is 5.89. The fraction of sp³-hybridized carbons (Fsp3) is 0.312. The molecule has 114 valence electrons. The molecule has 1 aliphatic carbocycles. The van der Waals surface area contributed by atoms with E-state index >= 15 is 0 Å². The monoisotopic (exact) mass is 300 g/mol. The van der Waals surface area contributed by atoms with Crippen molar-refractivity contribution in [2.75, 3.05) is 7.11 Å². The summed E-state index contributed by atoms with van der Waals surface area (Å²) in [5.41, 5.74) is 1.09. The molecule has 0 amide bonds. The van der Waals surface area contributed by atoms with Gasteiger partial charge in [-0.05, 0) is 55.5 Å². The molecular weight excluding hydrogens is 284 g/mol. The van der Waals surface area contributed by atoms with Crippen molar-refractivity contribution in [2.24, 2.45) is 0 Å². The standard InChI is InChI=1S/C16H16N2O4/c1-22-11-8-6-10(7-9-11)18-15(19)14(16(20)21)12-4-2-3-5-13(12)17-18/h6-9H,2-5H2,1H3,(H,20,21). The summed E-state index contributed by atoms with van der Waals surface area (Å²) in [5, 5.41) is 13.8. The number of carboxylic acids is 1. The Kier molecular flexibility index (Phi) is 3.66. The molecule has 1 heterocycles. The third-order valence-corrected chi connectivity index (χ3v) is 3.90. The van der Waals surface area contributed by atoms with Crippen molar-refractivity contribution in [3.8, 4) is 11.4 Å². The molecule has 0 aliphatic heterocycles. The summed E-state index contributed by atoms with van der Waals surface area (Å²) in [6, 6.07) is 6.80. The van der Waals surface area contributed by atoms with E-state index < -0.39 is 11.5 Å². The van der Waals surface area contributed by atoms with Crippen LogP contribution in [0.5, 0.6) is 5.75 Å². The lowest BCUT2D eigenvalue weighted by Crippen LogP contribution is -2.32. The molecule has 1 N–H and O–H groups in total. The number of carboxylic acid groups (broad SMARTS) is 1. The van der Waals surface area contributed by atoms with Crippen LogP contribution in [-0.2, 0) is 12.8 Å². The number of fused-ring (bicyclic) bond motifs is 1. The van der Waals surface area contributed by atoms with E-state index in [0.29, 0.717) is 35.5 Å². The molecule has 2 aromatic rings. The average molecular weight is 300 g/mol. The van der Waals surface area contributed by atoms with Crippen LogP contribution in [0, 0.1) is 0 Å². The first kappa shape index (κ1) is 14.3. The summed E-state index contributed by atoms with van der Waals surface area (Å²) in [5.74, 6) is -0.527. The van der Waals surface area contributed by atoms with Crippen molar-refractivity contribution in [3.05, 3.63) is 51.4 Å². The molecule has 0 unspecified atom stereocenters. The normalized spacial score (nSPS) is 13.5. The van der Waals surface area contributed by atoms with E-state index in [1.807, 2.05) is 0 Å². The van der Waals surface area contributed by atoms with E-state index in [-0.39, 0.29) is 5.56 Å². The largest absolute Gasteiger partial charge is 0.497 e. The maximum atomic E-state index is 12.5. The van der Waals surface area contributed by atoms with Crippen LogP contribution in [0.25, 0.3) is 5.69 Å². The Labute approximate surface area is 127 Å². The van der Waals surface area contributed by atoms with Crippen LogP contribution in [0.3, 0.4) is 0 Å². The van der Waals surface area contributed by atoms with Gasteiger partial charge in [0.1, 0.15) is 11.3 Å². The van der Waals surface area contributed by atoms with Crippen LogP contribution in [-0.4, -0.2) is 28.0 Å². The molecule has 6 heteroatoms. The lowest BCUT2D eigenvalue weighted by molar-refractivity contribution is 0.0692. The van der Waals surface area contributed by atoms with E-state index in [9.17, 15) is 14.7 Å². The van der Waals surface area contributed by atoms with Gasteiger partial charge in [0.15, 0.2) is 0 Å². The van der Waals surface area contributed by atoms with E-state index in [1.165, 1.54) is 4.68 Å². The summed E-state index contributed by atoms with van der Waals surface area (Å²) in [6.45, 7) is 0. The van der Waals surface area contributed by atoms with Gasteiger partial charge in [0.2, 0.25) is 0 Å². The number of benzene rings is 1. The minimum Gasteiger partial charge on any atom is -0.497 e. The average Bonchev–Trinajstić information content (AvgIpc) is 2.54. The van der Waals surface area contributed by atoms with Crippen molar-refractivity contribution in [1.29, 1.82) is 0 Å². The van der Waals surface area contributed by atoms with Crippen molar-refractivity contribution in [3.63, 3.8) is 0 Å². The van der Waals surface area contributed by atoms with E-state index in [2.05, 4.69) is 5.10 Å². The Hall–Kier alpha value is -2.63. The van der Waals surface area contributed by atoms with Crippen LogP contribution in [0.4, 0.5) is 0 Å². The lowest BCUT2D eigenvalue weighted by atomic mass is 9.93. The van der Waals surface area contributed by atoms with Crippen LogP contribution < -0.4 is 10.3 Å². The quantitative estimate of drug-likeness (QED) is 0.935. The van der Waals surface area contributed by atoms with Gasteiger partial charge in [-0.3, -0.25) is 4.79 Å². The number of aryl methyl sites for hydroxylation is 1. The maximum Gasteiger partial charge on any atom is 0.341 e. The third kappa shape index (κ3) is 2.36. The van der Waals surface area contributed by atoms with Crippen LogP contribution in [0.1, 0.15) is 34.5 Å². The first-order valence-electron chi connectivity index (χ1n) is 7.14. The predicted octanol–water partition coefficient (Wildman–Crippen LogP) is 1.82. The second-order valence-electron chi connectivity index (χ2n) is 5.23. The van der Waals surface area contributed by atoms with Gasteiger partial charge in [-0.15, -0.1) is 0 Å². The zero-order valence-electron chi connectivity index (χ0n) is 12.2. The molecule has 0 saturated heterocycles.